The molecule has 0 aliphatic heterocycles. The summed E-state index contributed by atoms with van der Waals surface area (Å²) in [5.74, 6) is 1.73. The zero-order valence-corrected chi connectivity index (χ0v) is 33.5. The van der Waals surface area contributed by atoms with Gasteiger partial charge in [-0.05, 0) is 59.7 Å². The first-order valence-corrected chi connectivity index (χ1v) is 20.8. The summed E-state index contributed by atoms with van der Waals surface area (Å²) in [7, 11) is 0. The Bertz CT molecular complexity index is 3560. The Balaban J connectivity index is 1.09. The summed E-state index contributed by atoms with van der Waals surface area (Å²) in [6, 6.07) is 76.1. The molecule has 0 spiro atoms. The van der Waals surface area contributed by atoms with Gasteiger partial charge < -0.3 is 4.57 Å². The van der Waals surface area contributed by atoms with E-state index in [0.717, 1.165) is 83.3 Å². The van der Waals surface area contributed by atoms with Crippen LogP contribution in [0.4, 0.5) is 0 Å². The molecule has 0 atom stereocenters. The summed E-state index contributed by atoms with van der Waals surface area (Å²) in [6.07, 6.45) is 0. The van der Waals surface area contributed by atoms with Gasteiger partial charge in [0, 0.05) is 49.5 Å². The Hall–Kier alpha value is -8.48. The molecule has 12 aromatic rings. The summed E-state index contributed by atoms with van der Waals surface area (Å²) in [4.78, 5) is 21.0. The largest absolute Gasteiger partial charge is 0.309 e. The van der Waals surface area contributed by atoms with Crippen molar-refractivity contribution in [1.29, 1.82) is 0 Å². The van der Waals surface area contributed by atoms with Crippen molar-refractivity contribution in [3.05, 3.63) is 218 Å². The van der Waals surface area contributed by atoms with Gasteiger partial charge in [0.1, 0.15) is 0 Å². The minimum Gasteiger partial charge on any atom is -0.309 e. The van der Waals surface area contributed by atoms with Crippen LogP contribution in [0.2, 0.25) is 0 Å². The first kappa shape index (κ1) is 35.5. The third kappa shape index (κ3) is 5.96. The fourth-order valence-corrected chi connectivity index (χ4v) is 8.93. The van der Waals surface area contributed by atoms with Gasteiger partial charge in [-0.2, -0.15) is 9.97 Å². The van der Waals surface area contributed by atoms with Gasteiger partial charge in [0.2, 0.25) is 5.95 Å². The number of aromatic nitrogens is 6. The molecule has 0 N–H and O–H groups in total. The minimum atomic E-state index is 0.550. The molecule has 0 unspecified atom stereocenters. The van der Waals surface area contributed by atoms with Crippen molar-refractivity contribution >= 4 is 43.6 Å². The number of nitrogens with zero attached hydrogens (tertiary/aromatic N) is 6. The number of hydrogen-bond donors (Lipinski definition) is 0. The lowest BCUT2D eigenvalue weighted by molar-refractivity contribution is 0.953. The van der Waals surface area contributed by atoms with Crippen molar-refractivity contribution in [2.24, 2.45) is 0 Å². The Morgan fingerprint density at radius 1 is 0.290 bits per heavy atom. The van der Waals surface area contributed by atoms with Gasteiger partial charge in [-0.15, -0.1) is 0 Å². The molecule has 4 aromatic heterocycles. The molecule has 4 heterocycles. The smallest absolute Gasteiger partial charge is 0.238 e. The van der Waals surface area contributed by atoms with Crippen LogP contribution in [-0.2, 0) is 0 Å². The Kier molecular flexibility index (Phi) is 8.38. The second kappa shape index (κ2) is 14.7. The van der Waals surface area contributed by atoms with Crippen LogP contribution in [0.3, 0.4) is 0 Å². The maximum Gasteiger partial charge on any atom is 0.238 e. The Morgan fingerprint density at radius 2 is 0.806 bits per heavy atom. The predicted molar refractivity (Wildman–Crippen MR) is 253 cm³/mol. The average Bonchev–Trinajstić information content (AvgIpc) is 3.88. The van der Waals surface area contributed by atoms with E-state index in [2.05, 4.69) is 197 Å². The van der Waals surface area contributed by atoms with E-state index in [1.807, 2.05) is 30.3 Å². The number of hydrogen-bond acceptors (Lipinski definition) is 4. The lowest BCUT2D eigenvalue weighted by Crippen LogP contribution is -2.06. The number of benzene rings is 8. The molecule has 290 valence electrons. The van der Waals surface area contributed by atoms with Crippen molar-refractivity contribution in [2.75, 3.05) is 0 Å². The molecule has 0 aliphatic rings. The van der Waals surface area contributed by atoms with Gasteiger partial charge in [-0.1, -0.05) is 170 Å². The van der Waals surface area contributed by atoms with Crippen LogP contribution in [-0.4, -0.2) is 29.1 Å². The van der Waals surface area contributed by atoms with Crippen LogP contribution in [0.25, 0.3) is 112 Å². The van der Waals surface area contributed by atoms with Gasteiger partial charge in [0.25, 0.3) is 0 Å². The molecular formula is C56H36N6. The van der Waals surface area contributed by atoms with E-state index in [-0.39, 0.29) is 0 Å². The molecule has 12 rings (SSSR count). The Morgan fingerprint density at radius 3 is 1.47 bits per heavy atom. The normalized spacial score (nSPS) is 11.5. The molecule has 6 nitrogen and oxygen atoms in total. The standard InChI is InChI=1S/C56H36N6/c1-5-18-37(19-6-1)47-35-42(36-48(57-47)38-20-7-2-8-21-38)40-24-17-25-41(34-40)55-58-54(39-22-9-3-10-23-39)59-56(60-55)62-50-31-16-14-29-46(50)52-51(62)33-32-45-44-28-13-15-30-49(44)61(53(45)52)43-26-11-4-12-27-43/h1-36H. The van der Waals surface area contributed by atoms with E-state index in [9.17, 15) is 0 Å². The summed E-state index contributed by atoms with van der Waals surface area (Å²) >= 11 is 0. The minimum absolute atomic E-state index is 0.550. The van der Waals surface area contributed by atoms with E-state index in [1.54, 1.807) is 0 Å². The van der Waals surface area contributed by atoms with Crippen molar-refractivity contribution in [2.45, 2.75) is 0 Å². The molecule has 8 aromatic carbocycles. The molecule has 0 fully saturated rings. The number of fused-ring (bicyclic) bond motifs is 7. The maximum atomic E-state index is 5.36. The third-order valence-electron chi connectivity index (χ3n) is 11.8. The quantitative estimate of drug-likeness (QED) is 0.161. The first-order valence-electron chi connectivity index (χ1n) is 20.8. The Labute approximate surface area is 357 Å². The molecule has 0 aliphatic carbocycles. The van der Waals surface area contributed by atoms with Crippen LogP contribution in [0, 0.1) is 0 Å². The SMILES string of the molecule is c1ccc(-c2cc(-c3cccc(-c4nc(-c5ccccc5)nc(-n5c6ccccc6c6c5ccc5c7ccccc7n(-c7ccccc7)c56)n4)c3)cc(-c3ccccc3)n2)cc1. The highest BCUT2D eigenvalue weighted by molar-refractivity contribution is 6.26. The molecule has 0 saturated heterocycles. The van der Waals surface area contributed by atoms with Crippen molar-refractivity contribution in [1.82, 2.24) is 29.1 Å². The molecule has 6 heteroatoms. The van der Waals surface area contributed by atoms with Gasteiger partial charge >= 0.3 is 0 Å². The van der Waals surface area contributed by atoms with E-state index in [1.165, 1.54) is 10.8 Å². The van der Waals surface area contributed by atoms with Crippen molar-refractivity contribution in [3.63, 3.8) is 0 Å². The van der Waals surface area contributed by atoms with Gasteiger partial charge in [-0.25, -0.2) is 9.97 Å². The number of rotatable bonds is 7. The van der Waals surface area contributed by atoms with Gasteiger partial charge in [0.05, 0.1) is 33.5 Å². The van der Waals surface area contributed by atoms with Crippen LogP contribution < -0.4 is 0 Å². The average molecular weight is 793 g/mol. The zero-order chi connectivity index (χ0) is 41.0. The molecule has 0 bridgehead atoms. The van der Waals surface area contributed by atoms with Gasteiger partial charge in [0.15, 0.2) is 11.6 Å². The number of para-hydroxylation sites is 3. The fraction of sp³-hybridized carbons (Fsp3) is 0. The zero-order valence-electron chi connectivity index (χ0n) is 33.5. The summed E-state index contributed by atoms with van der Waals surface area (Å²) in [5, 5.41) is 4.67. The highest BCUT2D eigenvalue weighted by Crippen LogP contribution is 2.42. The predicted octanol–water partition coefficient (Wildman–Crippen LogP) is 13.8. The van der Waals surface area contributed by atoms with Gasteiger partial charge in [-0.3, -0.25) is 4.57 Å². The third-order valence-corrected chi connectivity index (χ3v) is 11.8. The summed E-state index contributed by atoms with van der Waals surface area (Å²) in [6.45, 7) is 0. The lowest BCUT2D eigenvalue weighted by atomic mass is 9.98. The van der Waals surface area contributed by atoms with E-state index in [0.29, 0.717) is 17.6 Å². The highest BCUT2D eigenvalue weighted by atomic mass is 15.2. The van der Waals surface area contributed by atoms with Crippen LogP contribution >= 0.6 is 0 Å². The summed E-state index contributed by atoms with van der Waals surface area (Å²) < 4.78 is 4.61. The molecule has 62 heavy (non-hydrogen) atoms. The maximum absolute atomic E-state index is 5.36. The number of pyridine rings is 1. The monoisotopic (exact) mass is 792 g/mol. The molecule has 0 amide bonds. The topological polar surface area (TPSA) is 61.4 Å². The second-order valence-corrected chi connectivity index (χ2v) is 15.5. The molecule has 0 saturated carbocycles. The fourth-order valence-electron chi connectivity index (χ4n) is 8.93. The highest BCUT2D eigenvalue weighted by Gasteiger charge is 2.23. The molecular weight excluding hydrogens is 757 g/mol. The lowest BCUT2D eigenvalue weighted by Gasteiger charge is -2.13. The second-order valence-electron chi connectivity index (χ2n) is 15.5. The van der Waals surface area contributed by atoms with Crippen LogP contribution in [0.1, 0.15) is 0 Å². The van der Waals surface area contributed by atoms with Crippen molar-refractivity contribution < 1.29 is 0 Å². The van der Waals surface area contributed by atoms with Crippen LogP contribution in [0.5, 0.6) is 0 Å². The molecule has 0 radical (unpaired) electrons. The van der Waals surface area contributed by atoms with Crippen molar-refractivity contribution in [3.8, 4) is 68.1 Å². The van der Waals surface area contributed by atoms with E-state index in [4.69, 9.17) is 19.9 Å². The van der Waals surface area contributed by atoms with E-state index >= 15 is 0 Å². The van der Waals surface area contributed by atoms with E-state index < -0.39 is 0 Å². The van der Waals surface area contributed by atoms with Crippen LogP contribution in [0.15, 0.2) is 218 Å². The first-order chi connectivity index (χ1) is 30.7. The summed E-state index contributed by atoms with van der Waals surface area (Å²) in [5.41, 5.74) is 13.3.